The van der Waals surface area contributed by atoms with Gasteiger partial charge in [-0.3, -0.25) is 5.10 Å². The van der Waals surface area contributed by atoms with Gasteiger partial charge in [0.1, 0.15) is 5.82 Å². The molecule has 1 aliphatic rings. The molecule has 4 aromatic rings. The zero-order valence-electron chi connectivity index (χ0n) is 20.1. The van der Waals surface area contributed by atoms with E-state index >= 15 is 0 Å². The molecular formula is C27H30N8O. The number of aromatic nitrogens is 3. The Balaban J connectivity index is 1.19. The predicted molar refractivity (Wildman–Crippen MR) is 145 cm³/mol. The van der Waals surface area contributed by atoms with E-state index in [1.165, 1.54) is 31.4 Å². The van der Waals surface area contributed by atoms with Crippen LogP contribution in [0, 0.1) is 6.92 Å². The lowest BCUT2D eigenvalue weighted by atomic mass is 10.0. The number of rotatable bonds is 7. The molecule has 9 heteroatoms. The average Bonchev–Trinajstić information content (AvgIpc) is 3.55. The van der Waals surface area contributed by atoms with E-state index < -0.39 is 0 Å². The first-order chi connectivity index (χ1) is 17.5. The van der Waals surface area contributed by atoms with Gasteiger partial charge in [0, 0.05) is 40.8 Å². The molecule has 1 fully saturated rings. The lowest BCUT2D eigenvalue weighted by Crippen LogP contribution is -2.19. The number of hydrogen-bond donors (Lipinski definition) is 6. The van der Waals surface area contributed by atoms with Crippen molar-refractivity contribution in [2.45, 2.75) is 38.5 Å². The van der Waals surface area contributed by atoms with E-state index in [0.717, 1.165) is 28.4 Å². The monoisotopic (exact) mass is 482 g/mol. The van der Waals surface area contributed by atoms with Gasteiger partial charge < -0.3 is 27.0 Å². The Labute approximate surface area is 209 Å². The van der Waals surface area contributed by atoms with Crippen LogP contribution in [0.3, 0.4) is 0 Å². The normalized spacial score (nSPS) is 13.4. The second kappa shape index (κ2) is 10.4. The quantitative estimate of drug-likeness (QED) is 0.178. The van der Waals surface area contributed by atoms with E-state index in [-0.39, 0.29) is 6.03 Å². The number of nitrogens with zero attached hydrogens (tertiary/aromatic N) is 2. The largest absolute Gasteiger partial charge is 0.396 e. The summed E-state index contributed by atoms with van der Waals surface area (Å²) in [6, 6.07) is 18.6. The molecule has 0 radical (unpaired) electrons. The number of urea groups is 1. The minimum Gasteiger partial charge on any atom is -0.396 e. The van der Waals surface area contributed by atoms with E-state index in [1.54, 1.807) is 6.20 Å². The van der Waals surface area contributed by atoms with Crippen LogP contribution in [0.25, 0.3) is 0 Å². The fourth-order valence-corrected chi connectivity index (χ4v) is 4.43. The standard InChI is InChI=1S/C27H30N8O/c1-17-5-4-8-21(13-17)32-27(36)31-20-11-9-19(10-12-20)30-25-15-24(22(28)16-29-25)33-26-14-23(34-35-26)18-6-2-3-7-18/h4-5,8-16,18H,2-3,6-7,28H2,1H3,(H2,31,32,36)(H3,29,30,33,34,35). The molecule has 0 bridgehead atoms. The molecule has 0 atom stereocenters. The third-order valence-corrected chi connectivity index (χ3v) is 6.28. The van der Waals surface area contributed by atoms with Crippen molar-refractivity contribution in [1.82, 2.24) is 15.2 Å². The minimum atomic E-state index is -0.299. The summed E-state index contributed by atoms with van der Waals surface area (Å²) in [5.41, 5.74) is 11.9. The zero-order valence-corrected chi connectivity index (χ0v) is 20.1. The van der Waals surface area contributed by atoms with Crippen molar-refractivity contribution in [3.8, 4) is 0 Å². The molecule has 0 saturated heterocycles. The molecule has 2 aromatic carbocycles. The molecule has 1 saturated carbocycles. The Morgan fingerprint density at radius 2 is 1.67 bits per heavy atom. The Kier molecular flexibility index (Phi) is 6.70. The molecule has 2 heterocycles. The van der Waals surface area contributed by atoms with Gasteiger partial charge in [-0.25, -0.2) is 9.78 Å². The molecule has 36 heavy (non-hydrogen) atoms. The molecule has 9 nitrogen and oxygen atoms in total. The van der Waals surface area contributed by atoms with Crippen LogP contribution in [-0.4, -0.2) is 21.2 Å². The maximum Gasteiger partial charge on any atom is 0.323 e. The van der Waals surface area contributed by atoms with E-state index in [1.807, 2.05) is 61.5 Å². The molecule has 7 N–H and O–H groups in total. The number of nitrogens with two attached hydrogens (primary N) is 1. The molecule has 184 valence electrons. The lowest BCUT2D eigenvalue weighted by Gasteiger charge is -2.12. The Bertz CT molecular complexity index is 1340. The van der Waals surface area contributed by atoms with Crippen molar-refractivity contribution in [2.24, 2.45) is 0 Å². The summed E-state index contributed by atoms with van der Waals surface area (Å²) in [5, 5.41) is 19.8. The summed E-state index contributed by atoms with van der Waals surface area (Å²) in [6.07, 6.45) is 6.57. The highest BCUT2D eigenvalue weighted by Crippen LogP contribution is 2.34. The number of hydrogen-bond acceptors (Lipinski definition) is 6. The van der Waals surface area contributed by atoms with E-state index in [9.17, 15) is 4.79 Å². The van der Waals surface area contributed by atoms with Gasteiger partial charge in [-0.1, -0.05) is 25.0 Å². The van der Waals surface area contributed by atoms with Gasteiger partial charge in [0.05, 0.1) is 17.6 Å². The zero-order chi connectivity index (χ0) is 24.9. The maximum absolute atomic E-state index is 12.3. The first-order valence-electron chi connectivity index (χ1n) is 12.1. The molecule has 0 spiro atoms. The second-order valence-corrected chi connectivity index (χ2v) is 9.12. The smallest absolute Gasteiger partial charge is 0.323 e. The Morgan fingerprint density at radius 3 is 2.44 bits per heavy atom. The second-order valence-electron chi connectivity index (χ2n) is 9.12. The van der Waals surface area contributed by atoms with E-state index in [4.69, 9.17) is 5.73 Å². The molecule has 1 aliphatic carbocycles. The van der Waals surface area contributed by atoms with Crippen LogP contribution >= 0.6 is 0 Å². The van der Waals surface area contributed by atoms with Crippen molar-refractivity contribution in [3.05, 3.63) is 78.1 Å². The van der Waals surface area contributed by atoms with Crippen molar-refractivity contribution in [1.29, 1.82) is 0 Å². The lowest BCUT2D eigenvalue weighted by molar-refractivity contribution is 0.262. The van der Waals surface area contributed by atoms with Crippen molar-refractivity contribution in [3.63, 3.8) is 0 Å². The fraction of sp³-hybridized carbons (Fsp3) is 0.222. The maximum atomic E-state index is 12.3. The minimum absolute atomic E-state index is 0.299. The molecule has 0 unspecified atom stereocenters. The van der Waals surface area contributed by atoms with Crippen LogP contribution in [0.4, 0.5) is 44.9 Å². The highest BCUT2D eigenvalue weighted by atomic mass is 16.2. The van der Waals surface area contributed by atoms with Crippen LogP contribution in [-0.2, 0) is 0 Å². The molecular weight excluding hydrogens is 452 g/mol. The number of benzene rings is 2. The third kappa shape index (κ3) is 5.75. The third-order valence-electron chi connectivity index (χ3n) is 6.28. The van der Waals surface area contributed by atoms with Gasteiger partial charge in [0.2, 0.25) is 0 Å². The van der Waals surface area contributed by atoms with E-state index in [2.05, 4.69) is 42.5 Å². The molecule has 2 aromatic heterocycles. The number of pyridine rings is 1. The van der Waals surface area contributed by atoms with Crippen molar-refractivity contribution >= 4 is 46.1 Å². The summed E-state index contributed by atoms with van der Waals surface area (Å²) < 4.78 is 0. The van der Waals surface area contributed by atoms with Gasteiger partial charge in [0.25, 0.3) is 0 Å². The van der Waals surface area contributed by atoms with Crippen LogP contribution in [0.15, 0.2) is 66.9 Å². The van der Waals surface area contributed by atoms with E-state index in [0.29, 0.717) is 23.1 Å². The number of carbonyl (C=O) groups is 1. The summed E-state index contributed by atoms with van der Waals surface area (Å²) >= 11 is 0. The van der Waals surface area contributed by atoms with Crippen LogP contribution in [0.1, 0.15) is 42.9 Å². The molecule has 5 rings (SSSR count). The number of carbonyl (C=O) groups excluding carboxylic acids is 1. The van der Waals surface area contributed by atoms with Gasteiger partial charge >= 0.3 is 6.03 Å². The summed E-state index contributed by atoms with van der Waals surface area (Å²) in [5.74, 6) is 1.93. The first kappa shape index (κ1) is 23.2. The topological polar surface area (TPSA) is 133 Å². The van der Waals surface area contributed by atoms with Gasteiger partial charge in [0.15, 0.2) is 5.82 Å². The number of nitrogen functional groups attached to an aromatic ring is 1. The first-order valence-corrected chi connectivity index (χ1v) is 12.1. The van der Waals surface area contributed by atoms with Crippen LogP contribution < -0.4 is 27.0 Å². The van der Waals surface area contributed by atoms with Crippen LogP contribution in [0.5, 0.6) is 0 Å². The van der Waals surface area contributed by atoms with Gasteiger partial charge in [-0.05, 0) is 61.7 Å². The number of amides is 2. The number of anilines is 7. The van der Waals surface area contributed by atoms with Crippen molar-refractivity contribution < 1.29 is 4.79 Å². The SMILES string of the molecule is Cc1cccc(NC(=O)Nc2ccc(Nc3cc(Nc4cc(C5CCCC5)[nH]n4)c(N)cn3)cc2)c1. The number of nitrogens with one attached hydrogen (secondary N) is 5. The number of aromatic amines is 1. The Hall–Kier alpha value is -4.53. The van der Waals surface area contributed by atoms with Crippen molar-refractivity contribution in [2.75, 3.05) is 27.0 Å². The summed E-state index contributed by atoms with van der Waals surface area (Å²) in [4.78, 5) is 16.7. The molecule has 2 amide bonds. The van der Waals surface area contributed by atoms with Gasteiger partial charge in [-0.2, -0.15) is 5.10 Å². The average molecular weight is 483 g/mol. The number of aryl methyl sites for hydroxylation is 1. The predicted octanol–water partition coefficient (Wildman–Crippen LogP) is 6.48. The Morgan fingerprint density at radius 1 is 0.917 bits per heavy atom. The van der Waals surface area contributed by atoms with Crippen LogP contribution in [0.2, 0.25) is 0 Å². The molecule has 0 aliphatic heterocycles. The highest BCUT2D eigenvalue weighted by molar-refractivity contribution is 5.99. The number of H-pyrrole nitrogens is 1. The summed E-state index contributed by atoms with van der Waals surface area (Å²) in [7, 11) is 0. The van der Waals surface area contributed by atoms with Gasteiger partial charge in [-0.15, -0.1) is 0 Å². The summed E-state index contributed by atoms with van der Waals surface area (Å²) in [6.45, 7) is 1.98. The highest BCUT2D eigenvalue weighted by Gasteiger charge is 2.19. The fourth-order valence-electron chi connectivity index (χ4n) is 4.43.